The Morgan fingerprint density at radius 3 is 2.92 bits per heavy atom. The fourth-order valence-corrected chi connectivity index (χ4v) is 3.12. The van der Waals surface area contributed by atoms with Crippen molar-refractivity contribution in [1.29, 1.82) is 0 Å². The molecule has 1 aromatic rings. The number of likely N-dealkylation sites (tertiary alicyclic amines) is 1. The molecule has 2 rings (SSSR count). The van der Waals surface area contributed by atoms with Crippen LogP contribution in [-0.4, -0.2) is 42.5 Å². The van der Waals surface area contributed by atoms with Crippen molar-refractivity contribution in [3.63, 3.8) is 0 Å². The maximum absolute atomic E-state index is 12.2. The summed E-state index contributed by atoms with van der Waals surface area (Å²) in [5.74, 6) is 0.734. The lowest BCUT2D eigenvalue weighted by Crippen LogP contribution is -2.38. The minimum atomic E-state index is -0.584. The van der Waals surface area contributed by atoms with Crippen molar-refractivity contribution in [2.45, 2.75) is 52.1 Å². The van der Waals surface area contributed by atoms with Gasteiger partial charge < -0.3 is 15.0 Å². The van der Waals surface area contributed by atoms with Crippen LogP contribution in [0.3, 0.4) is 0 Å². The first kappa shape index (κ1) is 19.6. The zero-order valence-corrected chi connectivity index (χ0v) is 15.8. The van der Waals surface area contributed by atoms with Crippen molar-refractivity contribution in [1.82, 2.24) is 10.2 Å². The van der Waals surface area contributed by atoms with Gasteiger partial charge in [-0.3, -0.25) is 9.59 Å². The summed E-state index contributed by atoms with van der Waals surface area (Å²) in [6, 6.07) is 5.32. The average molecular weight is 367 g/mol. The standard InChI is InChI=1S/C19H27ClN2O3/c1-14-13-16(20)8-9-17(14)25-15(2)19(24)21-10-6-12-22-11-5-3-4-7-18(22)23/h8-9,13,15H,3-7,10-12H2,1-2H3,(H,21,24). The van der Waals surface area contributed by atoms with Gasteiger partial charge in [0.1, 0.15) is 5.75 Å². The lowest BCUT2D eigenvalue weighted by Gasteiger charge is -2.21. The highest BCUT2D eigenvalue weighted by Crippen LogP contribution is 2.22. The summed E-state index contributed by atoms with van der Waals surface area (Å²) in [6.45, 7) is 5.69. The number of carbonyl (C=O) groups excluding carboxylic acids is 2. The Labute approximate surface area is 154 Å². The molecule has 1 saturated heterocycles. The van der Waals surface area contributed by atoms with Gasteiger partial charge in [-0.05, 0) is 56.9 Å². The molecule has 5 nitrogen and oxygen atoms in total. The molecule has 0 saturated carbocycles. The van der Waals surface area contributed by atoms with Gasteiger partial charge in [-0.15, -0.1) is 0 Å². The minimum absolute atomic E-state index is 0.156. The van der Waals surface area contributed by atoms with Crippen LogP contribution >= 0.6 is 11.6 Å². The maximum atomic E-state index is 12.2. The molecule has 1 heterocycles. The van der Waals surface area contributed by atoms with E-state index < -0.39 is 6.10 Å². The van der Waals surface area contributed by atoms with Crippen LogP contribution in [0.1, 0.15) is 44.6 Å². The molecule has 0 aliphatic carbocycles. The molecule has 1 N–H and O–H groups in total. The number of amides is 2. The van der Waals surface area contributed by atoms with Crippen LogP contribution in [0.2, 0.25) is 5.02 Å². The summed E-state index contributed by atoms with van der Waals surface area (Å²) in [7, 11) is 0. The molecule has 1 aromatic carbocycles. The first-order valence-corrected chi connectivity index (χ1v) is 9.33. The van der Waals surface area contributed by atoms with Crippen molar-refractivity contribution in [2.24, 2.45) is 0 Å². The molecule has 0 radical (unpaired) electrons. The zero-order valence-electron chi connectivity index (χ0n) is 15.0. The summed E-state index contributed by atoms with van der Waals surface area (Å²) in [4.78, 5) is 26.0. The number of aryl methyl sites for hydroxylation is 1. The van der Waals surface area contributed by atoms with Crippen LogP contribution in [0.5, 0.6) is 5.75 Å². The fourth-order valence-electron chi connectivity index (χ4n) is 2.89. The van der Waals surface area contributed by atoms with E-state index in [0.29, 0.717) is 30.3 Å². The van der Waals surface area contributed by atoms with Crippen molar-refractivity contribution >= 4 is 23.4 Å². The number of nitrogens with one attached hydrogen (secondary N) is 1. The van der Waals surface area contributed by atoms with Gasteiger partial charge in [-0.1, -0.05) is 18.0 Å². The molecular weight excluding hydrogens is 340 g/mol. The van der Waals surface area contributed by atoms with Crippen LogP contribution < -0.4 is 10.1 Å². The molecule has 1 aliphatic rings. The van der Waals surface area contributed by atoms with Crippen molar-refractivity contribution in [3.05, 3.63) is 28.8 Å². The zero-order chi connectivity index (χ0) is 18.2. The van der Waals surface area contributed by atoms with E-state index in [9.17, 15) is 9.59 Å². The molecule has 1 atom stereocenters. The number of rotatable bonds is 7. The highest BCUT2D eigenvalue weighted by Gasteiger charge is 2.17. The third-order valence-electron chi connectivity index (χ3n) is 4.39. The Balaban J connectivity index is 1.71. The number of ether oxygens (including phenoxy) is 1. The fraction of sp³-hybridized carbons (Fsp3) is 0.579. The number of hydrogen-bond acceptors (Lipinski definition) is 3. The Morgan fingerprint density at radius 2 is 2.16 bits per heavy atom. The Bertz CT molecular complexity index is 606. The number of benzene rings is 1. The molecule has 6 heteroatoms. The van der Waals surface area contributed by atoms with Gasteiger partial charge in [-0.2, -0.15) is 0 Å². The first-order valence-electron chi connectivity index (χ1n) is 8.95. The first-order chi connectivity index (χ1) is 12.0. The van der Waals surface area contributed by atoms with Crippen molar-refractivity contribution in [3.8, 4) is 5.75 Å². The smallest absolute Gasteiger partial charge is 0.260 e. The second-order valence-corrected chi connectivity index (χ2v) is 6.94. The van der Waals surface area contributed by atoms with Gasteiger partial charge in [0.15, 0.2) is 6.10 Å². The molecular formula is C19H27ClN2O3. The molecule has 0 bridgehead atoms. The SMILES string of the molecule is Cc1cc(Cl)ccc1OC(C)C(=O)NCCCN1CCCCCC1=O. The number of nitrogens with zero attached hydrogens (tertiary/aromatic N) is 1. The number of hydrogen-bond donors (Lipinski definition) is 1. The van der Waals surface area contributed by atoms with E-state index in [0.717, 1.165) is 37.8 Å². The van der Waals surface area contributed by atoms with E-state index in [-0.39, 0.29) is 11.8 Å². The molecule has 1 unspecified atom stereocenters. The molecule has 0 aromatic heterocycles. The maximum Gasteiger partial charge on any atom is 0.260 e. The normalized spacial score (nSPS) is 16.3. The van der Waals surface area contributed by atoms with Crippen LogP contribution in [0.4, 0.5) is 0 Å². The van der Waals surface area contributed by atoms with E-state index in [1.165, 1.54) is 0 Å². The van der Waals surface area contributed by atoms with Gasteiger partial charge in [0, 0.05) is 31.1 Å². The topological polar surface area (TPSA) is 58.6 Å². The Kier molecular flexibility index (Phi) is 7.56. The van der Waals surface area contributed by atoms with E-state index in [1.54, 1.807) is 25.1 Å². The number of carbonyl (C=O) groups is 2. The Hall–Kier alpha value is -1.75. The average Bonchev–Trinajstić information content (AvgIpc) is 2.78. The van der Waals surface area contributed by atoms with Gasteiger partial charge in [0.25, 0.3) is 5.91 Å². The Morgan fingerprint density at radius 1 is 1.36 bits per heavy atom. The van der Waals surface area contributed by atoms with Gasteiger partial charge in [0.05, 0.1) is 0 Å². The summed E-state index contributed by atoms with van der Waals surface area (Å²) in [5, 5.41) is 3.52. The summed E-state index contributed by atoms with van der Waals surface area (Å²) in [5.41, 5.74) is 0.895. The highest BCUT2D eigenvalue weighted by molar-refractivity contribution is 6.30. The summed E-state index contributed by atoms with van der Waals surface area (Å²) in [6.07, 6.45) is 4.01. The van der Waals surface area contributed by atoms with Crippen molar-refractivity contribution in [2.75, 3.05) is 19.6 Å². The predicted molar refractivity (Wildman–Crippen MR) is 99.0 cm³/mol. The van der Waals surface area contributed by atoms with Crippen LogP contribution in [-0.2, 0) is 9.59 Å². The predicted octanol–water partition coefficient (Wildman–Crippen LogP) is 3.32. The van der Waals surface area contributed by atoms with Crippen LogP contribution in [0.15, 0.2) is 18.2 Å². The lowest BCUT2D eigenvalue weighted by molar-refractivity contribution is -0.130. The number of halogens is 1. The molecule has 0 spiro atoms. The summed E-state index contributed by atoms with van der Waals surface area (Å²) < 4.78 is 5.71. The molecule has 25 heavy (non-hydrogen) atoms. The van der Waals surface area contributed by atoms with Crippen molar-refractivity contribution < 1.29 is 14.3 Å². The summed E-state index contributed by atoms with van der Waals surface area (Å²) >= 11 is 5.92. The molecule has 1 aliphatic heterocycles. The van der Waals surface area contributed by atoms with E-state index in [1.807, 2.05) is 11.8 Å². The quantitative estimate of drug-likeness (QED) is 0.753. The van der Waals surface area contributed by atoms with Crippen LogP contribution in [0.25, 0.3) is 0 Å². The van der Waals surface area contributed by atoms with Crippen LogP contribution in [0, 0.1) is 6.92 Å². The second-order valence-electron chi connectivity index (χ2n) is 6.51. The van der Waals surface area contributed by atoms with E-state index in [2.05, 4.69) is 5.32 Å². The lowest BCUT2D eigenvalue weighted by atomic mass is 10.2. The second kappa shape index (κ2) is 9.66. The third-order valence-corrected chi connectivity index (χ3v) is 4.62. The third kappa shape index (κ3) is 6.24. The van der Waals surface area contributed by atoms with Gasteiger partial charge in [-0.25, -0.2) is 0 Å². The van der Waals surface area contributed by atoms with E-state index in [4.69, 9.17) is 16.3 Å². The highest BCUT2D eigenvalue weighted by atomic mass is 35.5. The molecule has 1 fully saturated rings. The monoisotopic (exact) mass is 366 g/mol. The molecule has 2 amide bonds. The minimum Gasteiger partial charge on any atom is -0.481 e. The largest absolute Gasteiger partial charge is 0.481 e. The van der Waals surface area contributed by atoms with Gasteiger partial charge in [0.2, 0.25) is 5.91 Å². The molecule has 138 valence electrons. The van der Waals surface area contributed by atoms with Gasteiger partial charge >= 0.3 is 0 Å². The van der Waals surface area contributed by atoms with E-state index >= 15 is 0 Å².